The second-order valence-corrected chi connectivity index (χ2v) is 3.92. The summed E-state index contributed by atoms with van der Waals surface area (Å²) in [5.41, 5.74) is 0.280. The predicted molar refractivity (Wildman–Crippen MR) is 62.7 cm³/mol. The molecule has 3 N–H and O–H groups in total. The monoisotopic (exact) mass is 237 g/mol. The maximum absolute atomic E-state index is 11.7. The molecule has 0 bridgehead atoms. The Balaban J connectivity index is 2.73. The van der Waals surface area contributed by atoms with Crippen LogP contribution in [0.4, 0.5) is 5.69 Å². The van der Waals surface area contributed by atoms with Gasteiger partial charge in [0.05, 0.1) is 11.6 Å². The standard InChI is InChI=1S/C12H15NO4/c1-7(8(2)12(16)17)11(15)13-9-5-3-4-6-10(9)14/h3-8,14H,1-2H3,(H,13,15)(H,16,17). The van der Waals surface area contributed by atoms with Crippen molar-refractivity contribution in [1.29, 1.82) is 0 Å². The smallest absolute Gasteiger partial charge is 0.307 e. The quantitative estimate of drug-likeness (QED) is 0.695. The number of hydrogen-bond donors (Lipinski definition) is 3. The van der Waals surface area contributed by atoms with Gasteiger partial charge in [-0.2, -0.15) is 0 Å². The molecule has 17 heavy (non-hydrogen) atoms. The number of para-hydroxylation sites is 2. The summed E-state index contributed by atoms with van der Waals surface area (Å²) in [5, 5.41) is 20.7. The molecule has 0 spiro atoms. The van der Waals surface area contributed by atoms with Crippen molar-refractivity contribution < 1.29 is 19.8 Å². The fourth-order valence-corrected chi connectivity index (χ4v) is 1.27. The number of benzene rings is 1. The first-order chi connectivity index (χ1) is 7.93. The molecule has 5 nitrogen and oxygen atoms in total. The fourth-order valence-electron chi connectivity index (χ4n) is 1.27. The number of phenols is 1. The van der Waals surface area contributed by atoms with Crippen molar-refractivity contribution in [3.05, 3.63) is 24.3 Å². The zero-order chi connectivity index (χ0) is 13.0. The summed E-state index contributed by atoms with van der Waals surface area (Å²) in [6.45, 7) is 3.01. The minimum atomic E-state index is -1.02. The number of rotatable bonds is 4. The highest BCUT2D eigenvalue weighted by Gasteiger charge is 2.26. The molecule has 0 aromatic heterocycles. The van der Waals surface area contributed by atoms with Gasteiger partial charge in [-0.15, -0.1) is 0 Å². The molecule has 0 heterocycles. The van der Waals surface area contributed by atoms with Crippen molar-refractivity contribution in [2.75, 3.05) is 5.32 Å². The summed E-state index contributed by atoms with van der Waals surface area (Å²) in [5.74, 6) is -2.95. The van der Waals surface area contributed by atoms with E-state index in [0.29, 0.717) is 0 Å². The molecule has 2 unspecified atom stereocenters. The normalized spacial score (nSPS) is 13.8. The second kappa shape index (κ2) is 5.34. The first kappa shape index (κ1) is 13.0. The zero-order valence-corrected chi connectivity index (χ0v) is 9.68. The summed E-state index contributed by atoms with van der Waals surface area (Å²) >= 11 is 0. The maximum Gasteiger partial charge on any atom is 0.307 e. The number of carboxylic acid groups (broad SMARTS) is 1. The summed E-state index contributed by atoms with van der Waals surface area (Å²) in [6, 6.07) is 6.29. The largest absolute Gasteiger partial charge is 0.506 e. The molecule has 0 fully saturated rings. The van der Waals surface area contributed by atoms with Crippen LogP contribution in [0.5, 0.6) is 5.75 Å². The van der Waals surface area contributed by atoms with E-state index < -0.39 is 23.7 Å². The van der Waals surface area contributed by atoms with Gasteiger partial charge in [-0.05, 0) is 12.1 Å². The van der Waals surface area contributed by atoms with Crippen LogP contribution in [0, 0.1) is 11.8 Å². The van der Waals surface area contributed by atoms with E-state index in [1.807, 2.05) is 0 Å². The summed E-state index contributed by atoms with van der Waals surface area (Å²) < 4.78 is 0. The number of amides is 1. The van der Waals surface area contributed by atoms with Gasteiger partial charge in [-0.3, -0.25) is 9.59 Å². The van der Waals surface area contributed by atoms with Gasteiger partial charge in [0.15, 0.2) is 0 Å². The van der Waals surface area contributed by atoms with Gasteiger partial charge in [0.1, 0.15) is 5.75 Å². The average molecular weight is 237 g/mol. The molecule has 92 valence electrons. The Bertz CT molecular complexity index is 430. The number of hydrogen-bond acceptors (Lipinski definition) is 3. The van der Waals surface area contributed by atoms with Crippen LogP contribution in [-0.4, -0.2) is 22.1 Å². The Kier molecular flexibility index (Phi) is 4.09. The van der Waals surface area contributed by atoms with E-state index in [1.165, 1.54) is 19.9 Å². The van der Waals surface area contributed by atoms with E-state index in [0.717, 1.165) is 0 Å². The molecule has 1 aromatic carbocycles. The van der Waals surface area contributed by atoms with E-state index in [-0.39, 0.29) is 11.4 Å². The van der Waals surface area contributed by atoms with E-state index in [2.05, 4.69) is 5.32 Å². The van der Waals surface area contributed by atoms with Crippen molar-refractivity contribution in [2.24, 2.45) is 11.8 Å². The van der Waals surface area contributed by atoms with E-state index in [9.17, 15) is 14.7 Å². The number of carboxylic acids is 1. The average Bonchev–Trinajstić information content (AvgIpc) is 2.30. The van der Waals surface area contributed by atoms with Gasteiger partial charge < -0.3 is 15.5 Å². The van der Waals surface area contributed by atoms with Gasteiger partial charge >= 0.3 is 5.97 Å². The number of aromatic hydroxyl groups is 1. The number of anilines is 1. The first-order valence-electron chi connectivity index (χ1n) is 5.25. The summed E-state index contributed by atoms with van der Waals surface area (Å²) in [4.78, 5) is 22.5. The van der Waals surface area contributed by atoms with Crippen LogP contribution in [0.1, 0.15) is 13.8 Å². The molecule has 1 rings (SSSR count). The van der Waals surface area contributed by atoms with Crippen molar-refractivity contribution in [2.45, 2.75) is 13.8 Å². The van der Waals surface area contributed by atoms with Gasteiger partial charge in [-0.25, -0.2) is 0 Å². The first-order valence-corrected chi connectivity index (χ1v) is 5.25. The van der Waals surface area contributed by atoms with Crippen LogP contribution in [0.3, 0.4) is 0 Å². The van der Waals surface area contributed by atoms with Crippen molar-refractivity contribution in [3.63, 3.8) is 0 Å². The topological polar surface area (TPSA) is 86.6 Å². The van der Waals surface area contributed by atoms with Gasteiger partial charge in [-0.1, -0.05) is 26.0 Å². The molecular formula is C12H15NO4. The number of aliphatic carboxylic acids is 1. The van der Waals surface area contributed by atoms with E-state index in [4.69, 9.17) is 5.11 Å². The van der Waals surface area contributed by atoms with Crippen LogP contribution in [-0.2, 0) is 9.59 Å². The second-order valence-electron chi connectivity index (χ2n) is 3.92. The molecule has 1 amide bonds. The van der Waals surface area contributed by atoms with Crippen LogP contribution in [0.2, 0.25) is 0 Å². The molecule has 2 atom stereocenters. The van der Waals surface area contributed by atoms with Gasteiger partial charge in [0.2, 0.25) is 5.91 Å². The van der Waals surface area contributed by atoms with Crippen LogP contribution in [0.15, 0.2) is 24.3 Å². The highest BCUT2D eigenvalue weighted by atomic mass is 16.4. The Hall–Kier alpha value is -2.04. The summed E-state index contributed by atoms with van der Waals surface area (Å²) in [7, 11) is 0. The third kappa shape index (κ3) is 3.21. The fraction of sp³-hybridized carbons (Fsp3) is 0.333. The zero-order valence-electron chi connectivity index (χ0n) is 9.68. The highest BCUT2D eigenvalue weighted by molar-refractivity contribution is 5.95. The minimum Gasteiger partial charge on any atom is -0.506 e. The number of phenolic OH excluding ortho intramolecular Hbond substituents is 1. The lowest BCUT2D eigenvalue weighted by Crippen LogP contribution is -2.29. The highest BCUT2D eigenvalue weighted by Crippen LogP contribution is 2.23. The van der Waals surface area contributed by atoms with Crippen LogP contribution in [0.25, 0.3) is 0 Å². The predicted octanol–water partition coefficient (Wildman–Crippen LogP) is 1.69. The van der Waals surface area contributed by atoms with Crippen molar-refractivity contribution in [3.8, 4) is 5.75 Å². The maximum atomic E-state index is 11.7. The Labute approximate surface area is 99.1 Å². The molecule has 0 saturated carbocycles. The molecular weight excluding hydrogens is 222 g/mol. The summed E-state index contributed by atoms with van der Waals surface area (Å²) in [6.07, 6.45) is 0. The lowest BCUT2D eigenvalue weighted by Gasteiger charge is -2.16. The minimum absolute atomic E-state index is 0.0453. The van der Waals surface area contributed by atoms with Crippen LogP contribution >= 0.6 is 0 Å². The SMILES string of the molecule is CC(C(=O)O)C(C)C(=O)Nc1ccccc1O. The Morgan fingerprint density at radius 1 is 1.18 bits per heavy atom. The van der Waals surface area contributed by atoms with E-state index >= 15 is 0 Å². The molecule has 0 aliphatic carbocycles. The number of carbonyl (C=O) groups is 2. The van der Waals surface area contributed by atoms with Crippen molar-refractivity contribution >= 4 is 17.6 Å². The van der Waals surface area contributed by atoms with E-state index in [1.54, 1.807) is 18.2 Å². The third-order valence-electron chi connectivity index (χ3n) is 2.72. The molecule has 0 radical (unpaired) electrons. The third-order valence-corrected chi connectivity index (χ3v) is 2.72. The number of carbonyl (C=O) groups excluding carboxylic acids is 1. The Morgan fingerprint density at radius 2 is 1.76 bits per heavy atom. The molecule has 0 aliphatic rings. The molecule has 0 aliphatic heterocycles. The molecule has 5 heteroatoms. The van der Waals surface area contributed by atoms with Crippen molar-refractivity contribution in [1.82, 2.24) is 0 Å². The van der Waals surface area contributed by atoms with Gasteiger partial charge in [0.25, 0.3) is 0 Å². The number of nitrogens with one attached hydrogen (secondary N) is 1. The lowest BCUT2D eigenvalue weighted by atomic mass is 9.95. The molecule has 0 saturated heterocycles. The molecule has 1 aromatic rings. The lowest BCUT2D eigenvalue weighted by molar-refractivity contribution is -0.145. The van der Waals surface area contributed by atoms with Gasteiger partial charge in [0, 0.05) is 5.92 Å². The van der Waals surface area contributed by atoms with Crippen LogP contribution < -0.4 is 5.32 Å². The Morgan fingerprint density at radius 3 is 2.29 bits per heavy atom.